The molecule has 20 heavy (non-hydrogen) atoms. The predicted octanol–water partition coefficient (Wildman–Crippen LogP) is -0.000500. The zero-order chi connectivity index (χ0) is 14.9. The summed E-state index contributed by atoms with van der Waals surface area (Å²) in [5.74, 6) is 0.637. The van der Waals surface area contributed by atoms with Gasteiger partial charge in [0.1, 0.15) is 6.54 Å². The number of aromatic amines is 1. The van der Waals surface area contributed by atoms with E-state index in [0.717, 1.165) is 10.8 Å². The second-order valence-corrected chi connectivity index (χ2v) is 4.36. The van der Waals surface area contributed by atoms with Crippen molar-refractivity contribution in [3.63, 3.8) is 0 Å². The average Bonchev–Trinajstić information content (AvgIpc) is 2.80. The van der Waals surface area contributed by atoms with Crippen molar-refractivity contribution in [1.29, 1.82) is 0 Å². The fraction of sp³-hybridized carbons (Fsp3) is 0.400. The van der Waals surface area contributed by atoms with E-state index < -0.39 is 21.9 Å². The lowest BCUT2D eigenvalue weighted by atomic mass is 10.2. The summed E-state index contributed by atoms with van der Waals surface area (Å²) in [4.78, 5) is 38.5. The molecule has 1 N–H and O–H groups in total. The third kappa shape index (κ3) is 2.63. The number of aromatic nitrogens is 4. The summed E-state index contributed by atoms with van der Waals surface area (Å²) in [5, 5.41) is 14.4. The Kier molecular flexibility index (Phi) is 3.46. The molecule has 10 heteroatoms. The maximum Gasteiger partial charge on any atom is 0.350 e. The maximum atomic E-state index is 11.6. The molecule has 0 unspecified atom stereocenters. The van der Waals surface area contributed by atoms with Gasteiger partial charge in [-0.05, 0) is 0 Å². The fourth-order valence-electron chi connectivity index (χ4n) is 1.46. The number of rotatable bonds is 4. The van der Waals surface area contributed by atoms with Gasteiger partial charge in [0.25, 0.3) is 0 Å². The molecule has 0 aromatic carbocycles. The molecule has 106 valence electrons. The van der Waals surface area contributed by atoms with Crippen molar-refractivity contribution >= 4 is 5.69 Å². The Balaban J connectivity index is 2.37. The largest absolute Gasteiger partial charge is 0.350 e. The predicted molar refractivity (Wildman–Crippen MR) is 65.5 cm³/mol. The first-order chi connectivity index (χ1) is 9.38. The molecule has 0 amide bonds. The van der Waals surface area contributed by atoms with Gasteiger partial charge in [0.15, 0.2) is 5.82 Å². The molecular formula is C10H11N5O5. The molecule has 2 aromatic heterocycles. The van der Waals surface area contributed by atoms with E-state index >= 15 is 0 Å². The molecule has 0 saturated carbocycles. The fourth-order valence-corrected chi connectivity index (χ4v) is 1.46. The molecule has 0 saturated heterocycles. The van der Waals surface area contributed by atoms with E-state index in [2.05, 4.69) is 10.1 Å². The minimum absolute atomic E-state index is 0.0501. The highest BCUT2D eigenvalue weighted by Crippen LogP contribution is 2.10. The molecule has 0 fully saturated rings. The van der Waals surface area contributed by atoms with Crippen LogP contribution in [-0.4, -0.2) is 24.6 Å². The highest BCUT2D eigenvalue weighted by atomic mass is 16.6. The highest BCUT2D eigenvalue weighted by Gasteiger charge is 2.17. The molecule has 2 rings (SSSR count). The topological polar surface area (TPSA) is 137 Å². The zero-order valence-corrected chi connectivity index (χ0v) is 10.7. The average molecular weight is 281 g/mol. The van der Waals surface area contributed by atoms with Gasteiger partial charge in [-0.1, -0.05) is 19.0 Å². The van der Waals surface area contributed by atoms with E-state index in [4.69, 9.17) is 4.52 Å². The van der Waals surface area contributed by atoms with Crippen LogP contribution in [0.2, 0.25) is 0 Å². The van der Waals surface area contributed by atoms with Crippen LogP contribution in [0.3, 0.4) is 0 Å². The van der Waals surface area contributed by atoms with Crippen LogP contribution < -0.4 is 11.2 Å². The minimum atomic E-state index is -1.05. The van der Waals surface area contributed by atoms with E-state index in [0.29, 0.717) is 5.82 Å². The van der Waals surface area contributed by atoms with Crippen LogP contribution in [0.15, 0.2) is 20.3 Å². The summed E-state index contributed by atoms with van der Waals surface area (Å²) in [6, 6.07) is 0. The molecular weight excluding hydrogens is 270 g/mol. The Morgan fingerprint density at radius 2 is 2.20 bits per heavy atom. The second kappa shape index (κ2) is 5.07. The molecule has 0 atom stereocenters. The van der Waals surface area contributed by atoms with Crippen LogP contribution in [0.5, 0.6) is 0 Å². The van der Waals surface area contributed by atoms with Gasteiger partial charge in [-0.3, -0.25) is 24.5 Å². The quantitative estimate of drug-likeness (QED) is 0.614. The lowest BCUT2D eigenvalue weighted by Crippen LogP contribution is -2.31. The smallest absolute Gasteiger partial charge is 0.337 e. The van der Waals surface area contributed by atoms with Gasteiger partial charge in [-0.15, -0.1) is 0 Å². The molecule has 0 aliphatic rings. The minimum Gasteiger partial charge on any atom is -0.337 e. The molecule has 0 aliphatic heterocycles. The van der Waals surface area contributed by atoms with Crippen molar-refractivity contribution in [2.45, 2.75) is 26.3 Å². The molecule has 2 aromatic rings. The number of hydrogen-bond donors (Lipinski definition) is 1. The molecule has 0 radical (unpaired) electrons. The Morgan fingerprint density at radius 3 is 2.75 bits per heavy atom. The first kappa shape index (κ1) is 13.6. The number of hydrogen-bond acceptors (Lipinski definition) is 7. The van der Waals surface area contributed by atoms with Crippen LogP contribution in [0.1, 0.15) is 31.5 Å². The monoisotopic (exact) mass is 281 g/mol. The van der Waals surface area contributed by atoms with Gasteiger partial charge in [0, 0.05) is 5.92 Å². The van der Waals surface area contributed by atoms with Gasteiger partial charge in [0.05, 0.1) is 11.1 Å². The Morgan fingerprint density at radius 1 is 1.50 bits per heavy atom. The van der Waals surface area contributed by atoms with Crippen molar-refractivity contribution < 1.29 is 9.45 Å². The van der Waals surface area contributed by atoms with Crippen molar-refractivity contribution in [2.24, 2.45) is 0 Å². The van der Waals surface area contributed by atoms with Gasteiger partial charge in [-0.25, -0.2) is 4.79 Å². The van der Waals surface area contributed by atoms with Crippen LogP contribution >= 0.6 is 0 Å². The maximum absolute atomic E-state index is 11.6. The third-order valence-electron chi connectivity index (χ3n) is 2.49. The number of nitrogens with zero attached hydrogens (tertiary/aromatic N) is 4. The van der Waals surface area contributed by atoms with Crippen LogP contribution in [0.25, 0.3) is 0 Å². The second-order valence-electron chi connectivity index (χ2n) is 4.36. The zero-order valence-electron chi connectivity index (χ0n) is 10.7. The molecule has 0 aliphatic carbocycles. The number of nitrogens with one attached hydrogen (secondary N) is 1. The molecule has 2 heterocycles. The summed E-state index contributed by atoms with van der Waals surface area (Å²) >= 11 is 0. The lowest BCUT2D eigenvalue weighted by molar-refractivity contribution is -0.386. The number of nitro groups is 1. The first-order valence-corrected chi connectivity index (χ1v) is 5.69. The summed E-state index contributed by atoms with van der Waals surface area (Å²) in [7, 11) is 0. The summed E-state index contributed by atoms with van der Waals surface area (Å²) < 4.78 is 5.86. The van der Waals surface area contributed by atoms with Crippen molar-refractivity contribution in [1.82, 2.24) is 19.7 Å². The number of H-pyrrole nitrogens is 1. The van der Waals surface area contributed by atoms with Crippen LogP contribution in [-0.2, 0) is 6.54 Å². The first-order valence-electron chi connectivity index (χ1n) is 5.69. The molecule has 0 spiro atoms. The van der Waals surface area contributed by atoms with E-state index in [-0.39, 0.29) is 18.4 Å². The third-order valence-corrected chi connectivity index (χ3v) is 2.49. The standard InChI is InChI=1S/C10H11N5O5/c1-5(2)8-11-7(20-13-8)4-14-3-6(15(18)19)9(16)12-10(14)17/h3,5H,4H2,1-2H3,(H,12,16,17). The SMILES string of the molecule is CC(C)c1noc(Cn2cc([N+](=O)[O-])c(=O)[nH]c2=O)n1. The summed E-state index contributed by atoms with van der Waals surface area (Å²) in [6.45, 7) is 3.58. The Labute approximate surface area is 111 Å². The lowest BCUT2D eigenvalue weighted by Gasteiger charge is -2.00. The highest BCUT2D eigenvalue weighted by molar-refractivity contribution is 5.20. The van der Waals surface area contributed by atoms with Gasteiger partial charge in [0.2, 0.25) is 5.89 Å². The Hall–Kier alpha value is -2.78. The van der Waals surface area contributed by atoms with Crippen LogP contribution in [0, 0.1) is 10.1 Å². The normalized spacial score (nSPS) is 10.9. The van der Waals surface area contributed by atoms with Crippen LogP contribution in [0.4, 0.5) is 5.69 Å². The van der Waals surface area contributed by atoms with Crippen molar-refractivity contribution in [2.75, 3.05) is 0 Å². The van der Waals surface area contributed by atoms with Gasteiger partial charge >= 0.3 is 16.9 Å². The summed E-state index contributed by atoms with van der Waals surface area (Å²) in [6.07, 6.45) is 0.848. The Bertz CT molecular complexity index is 756. The van der Waals surface area contributed by atoms with Crippen molar-refractivity contribution in [3.05, 3.63) is 48.9 Å². The van der Waals surface area contributed by atoms with E-state index in [1.807, 2.05) is 18.8 Å². The van der Waals surface area contributed by atoms with E-state index in [1.54, 1.807) is 0 Å². The van der Waals surface area contributed by atoms with Gasteiger partial charge in [-0.2, -0.15) is 4.98 Å². The molecule has 0 bridgehead atoms. The van der Waals surface area contributed by atoms with E-state index in [1.165, 1.54) is 0 Å². The van der Waals surface area contributed by atoms with Gasteiger partial charge < -0.3 is 4.52 Å². The summed E-state index contributed by atoms with van der Waals surface area (Å²) in [5.41, 5.74) is -2.57. The van der Waals surface area contributed by atoms with E-state index in [9.17, 15) is 19.7 Å². The van der Waals surface area contributed by atoms with Crippen molar-refractivity contribution in [3.8, 4) is 0 Å². The molecule has 10 nitrogen and oxygen atoms in total.